The Labute approximate surface area is 182 Å². The van der Waals surface area contributed by atoms with Crippen LogP contribution in [0.5, 0.6) is 5.75 Å². The van der Waals surface area contributed by atoms with Gasteiger partial charge >= 0.3 is 0 Å². The topological polar surface area (TPSA) is 69.2 Å². The van der Waals surface area contributed by atoms with Gasteiger partial charge in [-0.15, -0.1) is 0 Å². The molecular weight excluding hydrogens is 397 g/mol. The molecule has 1 aliphatic rings. The third-order valence-corrected chi connectivity index (χ3v) is 5.09. The van der Waals surface area contributed by atoms with Crippen molar-refractivity contribution in [2.24, 2.45) is 4.99 Å². The molecule has 1 heterocycles. The number of anilines is 1. The summed E-state index contributed by atoms with van der Waals surface area (Å²) in [6, 6.07) is 16.1. The van der Waals surface area contributed by atoms with Gasteiger partial charge in [-0.3, -0.25) is 9.79 Å². The summed E-state index contributed by atoms with van der Waals surface area (Å²) in [6.07, 6.45) is 0.401. The van der Waals surface area contributed by atoms with E-state index in [9.17, 15) is 9.18 Å². The van der Waals surface area contributed by atoms with Gasteiger partial charge in [0.05, 0.1) is 6.54 Å². The Bertz CT molecular complexity index is 837. The quantitative estimate of drug-likeness (QED) is 0.384. The van der Waals surface area contributed by atoms with Gasteiger partial charge in [0.25, 0.3) is 0 Å². The monoisotopic (exact) mass is 427 g/mol. The van der Waals surface area contributed by atoms with E-state index >= 15 is 0 Å². The van der Waals surface area contributed by atoms with E-state index in [0.717, 1.165) is 24.5 Å². The van der Waals surface area contributed by atoms with Crippen molar-refractivity contribution >= 4 is 17.6 Å². The van der Waals surface area contributed by atoms with Crippen LogP contribution in [0.15, 0.2) is 59.6 Å². The Morgan fingerprint density at radius 2 is 1.68 bits per heavy atom. The van der Waals surface area contributed by atoms with Gasteiger partial charge in [-0.25, -0.2) is 4.39 Å². The van der Waals surface area contributed by atoms with Crippen LogP contribution < -0.4 is 20.3 Å². The minimum absolute atomic E-state index is 0.120. The molecule has 31 heavy (non-hydrogen) atoms. The standard InChI is InChI=1S/C23H30FN5O2/c1-25-23(27-13-18-31-21-5-3-2-4-6-21)26-12-11-22(30)29-16-14-28(15-17-29)20-9-7-19(24)8-10-20/h2-10H,11-18H2,1H3,(H2,25,26,27). The molecule has 166 valence electrons. The van der Waals surface area contributed by atoms with Crippen LogP contribution in [-0.2, 0) is 4.79 Å². The fourth-order valence-corrected chi connectivity index (χ4v) is 3.39. The highest BCUT2D eigenvalue weighted by Crippen LogP contribution is 2.17. The van der Waals surface area contributed by atoms with Crippen molar-refractivity contribution in [1.82, 2.24) is 15.5 Å². The molecule has 2 aromatic rings. The first-order valence-corrected chi connectivity index (χ1v) is 10.6. The second kappa shape index (κ2) is 11.8. The van der Waals surface area contributed by atoms with Gasteiger partial charge in [0.2, 0.25) is 5.91 Å². The smallest absolute Gasteiger partial charge is 0.224 e. The van der Waals surface area contributed by atoms with Gasteiger partial charge in [0.1, 0.15) is 18.2 Å². The van der Waals surface area contributed by atoms with Gasteiger partial charge in [0, 0.05) is 51.9 Å². The van der Waals surface area contributed by atoms with Crippen LogP contribution in [0.4, 0.5) is 10.1 Å². The predicted molar refractivity (Wildman–Crippen MR) is 121 cm³/mol. The van der Waals surface area contributed by atoms with Crippen LogP contribution in [0, 0.1) is 5.82 Å². The summed E-state index contributed by atoms with van der Waals surface area (Å²) in [5.74, 6) is 1.36. The molecule has 0 bridgehead atoms. The third-order valence-electron chi connectivity index (χ3n) is 5.09. The van der Waals surface area contributed by atoms with Crippen molar-refractivity contribution in [3.05, 3.63) is 60.4 Å². The number of rotatable bonds is 8. The first kappa shape index (κ1) is 22.4. The van der Waals surface area contributed by atoms with Crippen molar-refractivity contribution in [1.29, 1.82) is 0 Å². The molecule has 0 aromatic heterocycles. The van der Waals surface area contributed by atoms with E-state index in [1.807, 2.05) is 35.2 Å². The van der Waals surface area contributed by atoms with Crippen LogP contribution in [0.25, 0.3) is 0 Å². The molecule has 0 atom stereocenters. The van der Waals surface area contributed by atoms with Crippen molar-refractivity contribution in [2.45, 2.75) is 6.42 Å². The average molecular weight is 428 g/mol. The molecule has 0 saturated carbocycles. The fraction of sp³-hybridized carbons (Fsp3) is 0.391. The first-order valence-electron chi connectivity index (χ1n) is 10.6. The lowest BCUT2D eigenvalue weighted by Crippen LogP contribution is -2.49. The highest BCUT2D eigenvalue weighted by Gasteiger charge is 2.21. The Morgan fingerprint density at radius 1 is 1.00 bits per heavy atom. The molecule has 0 aliphatic carbocycles. The number of halogens is 1. The Morgan fingerprint density at radius 3 is 2.35 bits per heavy atom. The summed E-state index contributed by atoms with van der Waals surface area (Å²) < 4.78 is 18.7. The number of aliphatic imine (C=N–C) groups is 1. The summed E-state index contributed by atoms with van der Waals surface area (Å²) in [6.45, 7) is 4.46. The molecule has 7 nitrogen and oxygen atoms in total. The molecule has 1 aliphatic heterocycles. The van der Waals surface area contributed by atoms with E-state index < -0.39 is 0 Å². The number of nitrogens with zero attached hydrogens (tertiary/aromatic N) is 3. The van der Waals surface area contributed by atoms with E-state index in [4.69, 9.17) is 4.74 Å². The van der Waals surface area contributed by atoms with E-state index in [1.165, 1.54) is 12.1 Å². The van der Waals surface area contributed by atoms with Gasteiger partial charge in [-0.2, -0.15) is 0 Å². The summed E-state index contributed by atoms with van der Waals surface area (Å²) in [5, 5.41) is 6.34. The number of para-hydroxylation sites is 1. The summed E-state index contributed by atoms with van der Waals surface area (Å²) >= 11 is 0. The van der Waals surface area contributed by atoms with Gasteiger partial charge in [0.15, 0.2) is 5.96 Å². The molecule has 1 amide bonds. The first-order chi connectivity index (χ1) is 15.2. The molecule has 0 unspecified atom stereocenters. The summed E-state index contributed by atoms with van der Waals surface area (Å²) in [5.41, 5.74) is 0.987. The fourth-order valence-electron chi connectivity index (χ4n) is 3.39. The summed E-state index contributed by atoms with van der Waals surface area (Å²) in [7, 11) is 1.70. The van der Waals surface area contributed by atoms with Gasteiger partial charge in [-0.1, -0.05) is 18.2 Å². The number of nitrogens with one attached hydrogen (secondary N) is 2. The van der Waals surface area contributed by atoms with E-state index in [0.29, 0.717) is 45.2 Å². The number of hydrogen-bond acceptors (Lipinski definition) is 4. The maximum atomic E-state index is 13.1. The molecule has 1 saturated heterocycles. The molecule has 2 aromatic carbocycles. The maximum Gasteiger partial charge on any atom is 0.224 e. The zero-order valence-corrected chi connectivity index (χ0v) is 17.9. The molecule has 1 fully saturated rings. The normalized spacial score (nSPS) is 14.3. The number of piperazine rings is 1. The number of benzene rings is 2. The largest absolute Gasteiger partial charge is 0.492 e. The lowest BCUT2D eigenvalue weighted by atomic mass is 10.2. The lowest BCUT2D eigenvalue weighted by molar-refractivity contribution is -0.131. The van der Waals surface area contributed by atoms with Crippen LogP contribution >= 0.6 is 0 Å². The third kappa shape index (κ3) is 7.16. The number of carbonyl (C=O) groups excluding carboxylic acids is 1. The van der Waals surface area contributed by atoms with E-state index in [1.54, 1.807) is 19.2 Å². The minimum atomic E-state index is -0.238. The Balaban J connectivity index is 1.30. The average Bonchev–Trinajstić information content (AvgIpc) is 2.82. The van der Waals surface area contributed by atoms with Crippen molar-refractivity contribution in [3.63, 3.8) is 0 Å². The maximum absolute atomic E-state index is 13.1. The zero-order valence-electron chi connectivity index (χ0n) is 17.9. The Hall–Kier alpha value is -3.29. The SMILES string of the molecule is CN=C(NCCOc1ccccc1)NCCC(=O)N1CCN(c2ccc(F)cc2)CC1. The number of ether oxygens (including phenoxy) is 1. The molecule has 0 radical (unpaired) electrons. The van der Waals surface area contributed by atoms with Gasteiger partial charge in [-0.05, 0) is 36.4 Å². The van der Waals surface area contributed by atoms with E-state index in [2.05, 4.69) is 20.5 Å². The number of hydrogen-bond donors (Lipinski definition) is 2. The second-order valence-electron chi connectivity index (χ2n) is 7.18. The van der Waals surface area contributed by atoms with Crippen molar-refractivity contribution in [3.8, 4) is 5.75 Å². The second-order valence-corrected chi connectivity index (χ2v) is 7.18. The predicted octanol–water partition coefficient (Wildman–Crippen LogP) is 2.11. The molecule has 3 rings (SSSR count). The molecule has 8 heteroatoms. The summed E-state index contributed by atoms with van der Waals surface area (Å²) in [4.78, 5) is 20.7. The van der Waals surface area contributed by atoms with Crippen molar-refractivity contribution < 1.29 is 13.9 Å². The zero-order chi connectivity index (χ0) is 21.9. The van der Waals surface area contributed by atoms with Crippen molar-refractivity contribution in [2.75, 3.05) is 57.8 Å². The number of carbonyl (C=O) groups is 1. The molecule has 2 N–H and O–H groups in total. The lowest BCUT2D eigenvalue weighted by Gasteiger charge is -2.36. The Kier molecular flexibility index (Phi) is 8.51. The number of guanidine groups is 1. The number of amides is 1. The minimum Gasteiger partial charge on any atom is -0.492 e. The van der Waals surface area contributed by atoms with Crippen LogP contribution in [0.2, 0.25) is 0 Å². The highest BCUT2D eigenvalue weighted by molar-refractivity contribution is 5.81. The molecule has 0 spiro atoms. The van der Waals surface area contributed by atoms with Crippen LogP contribution in [0.3, 0.4) is 0 Å². The molecular formula is C23H30FN5O2. The van der Waals surface area contributed by atoms with E-state index in [-0.39, 0.29) is 11.7 Å². The van der Waals surface area contributed by atoms with Crippen LogP contribution in [-0.4, -0.2) is 69.7 Å². The van der Waals surface area contributed by atoms with Gasteiger partial charge < -0.3 is 25.2 Å². The van der Waals surface area contributed by atoms with Crippen LogP contribution in [0.1, 0.15) is 6.42 Å². The highest BCUT2D eigenvalue weighted by atomic mass is 19.1.